The second-order valence-corrected chi connectivity index (χ2v) is 6.11. The number of piperazine rings is 1. The van der Waals surface area contributed by atoms with Crippen LogP contribution in [0.5, 0.6) is 0 Å². The lowest BCUT2D eigenvalue weighted by Gasteiger charge is -2.42. The zero-order valence-electron chi connectivity index (χ0n) is 11.4. The van der Waals surface area contributed by atoms with Crippen molar-refractivity contribution in [3.05, 3.63) is 0 Å². The third kappa shape index (κ3) is 2.37. The molecule has 2 saturated heterocycles. The van der Waals surface area contributed by atoms with E-state index in [1.165, 1.54) is 0 Å². The molecule has 0 aromatic rings. The van der Waals surface area contributed by atoms with Crippen LogP contribution in [0.2, 0.25) is 0 Å². The molecule has 2 fully saturated rings. The minimum absolute atomic E-state index is 0.290. The second kappa shape index (κ2) is 4.03. The van der Waals surface area contributed by atoms with Gasteiger partial charge in [0, 0.05) is 13.1 Å². The molecule has 0 saturated carbocycles. The summed E-state index contributed by atoms with van der Waals surface area (Å²) in [6, 6.07) is 0. The molecule has 0 bridgehead atoms. The van der Waals surface area contributed by atoms with Gasteiger partial charge in [0.25, 0.3) is 0 Å². The van der Waals surface area contributed by atoms with E-state index in [2.05, 4.69) is 0 Å². The van der Waals surface area contributed by atoms with Gasteiger partial charge < -0.3 is 14.4 Å². The van der Waals surface area contributed by atoms with E-state index in [1.54, 1.807) is 9.80 Å². The molecule has 2 aliphatic rings. The average Bonchev–Trinajstić information content (AvgIpc) is 2.52. The summed E-state index contributed by atoms with van der Waals surface area (Å²) >= 11 is 0. The van der Waals surface area contributed by atoms with Crippen molar-refractivity contribution in [2.24, 2.45) is 0 Å². The number of rotatable bonds is 0. The molecular formula is C12H20N2O4. The highest BCUT2D eigenvalue weighted by molar-refractivity contribution is 5.73. The smallest absolute Gasteiger partial charge is 0.410 e. The highest BCUT2D eigenvalue weighted by Gasteiger charge is 2.48. The van der Waals surface area contributed by atoms with Crippen LogP contribution < -0.4 is 0 Å². The summed E-state index contributed by atoms with van der Waals surface area (Å²) in [7, 11) is 0. The summed E-state index contributed by atoms with van der Waals surface area (Å²) in [5.74, 6) is 0. The quantitative estimate of drug-likeness (QED) is 0.658. The van der Waals surface area contributed by atoms with E-state index in [4.69, 9.17) is 9.47 Å². The van der Waals surface area contributed by atoms with E-state index in [-0.39, 0.29) is 12.2 Å². The van der Waals surface area contributed by atoms with Crippen LogP contribution in [0.25, 0.3) is 0 Å². The number of hydrogen-bond acceptors (Lipinski definition) is 4. The van der Waals surface area contributed by atoms with Crippen molar-refractivity contribution in [3.8, 4) is 0 Å². The van der Waals surface area contributed by atoms with Crippen molar-refractivity contribution < 1.29 is 19.1 Å². The van der Waals surface area contributed by atoms with Gasteiger partial charge in [-0.2, -0.15) is 0 Å². The van der Waals surface area contributed by atoms with Crippen molar-refractivity contribution in [1.82, 2.24) is 9.80 Å². The number of ether oxygens (including phenoxy) is 2. The molecule has 6 heteroatoms. The highest BCUT2D eigenvalue weighted by Crippen LogP contribution is 2.28. The predicted octanol–water partition coefficient (Wildman–Crippen LogP) is 1.45. The minimum atomic E-state index is -0.503. The van der Waals surface area contributed by atoms with Crippen LogP contribution >= 0.6 is 0 Å². The molecule has 2 heterocycles. The minimum Gasteiger partial charge on any atom is -0.447 e. The Hall–Kier alpha value is -1.46. The Balaban J connectivity index is 2.03. The molecule has 2 aliphatic heterocycles. The van der Waals surface area contributed by atoms with Crippen LogP contribution in [0.3, 0.4) is 0 Å². The van der Waals surface area contributed by atoms with Crippen LogP contribution in [0, 0.1) is 0 Å². The molecule has 0 radical (unpaired) electrons. The maximum atomic E-state index is 12.0. The summed E-state index contributed by atoms with van der Waals surface area (Å²) in [6.45, 7) is 9.20. The molecule has 0 aromatic heterocycles. The molecule has 6 nitrogen and oxygen atoms in total. The average molecular weight is 256 g/mol. The fourth-order valence-corrected chi connectivity index (χ4v) is 2.28. The van der Waals surface area contributed by atoms with Crippen LogP contribution in [0.15, 0.2) is 0 Å². The summed E-state index contributed by atoms with van der Waals surface area (Å²) in [5.41, 5.74) is -0.927. The topological polar surface area (TPSA) is 59.1 Å². The van der Waals surface area contributed by atoms with Gasteiger partial charge in [0.1, 0.15) is 12.2 Å². The Bertz CT molecular complexity index is 377. The van der Waals surface area contributed by atoms with E-state index in [0.717, 1.165) is 0 Å². The van der Waals surface area contributed by atoms with Crippen molar-refractivity contribution in [2.75, 3.05) is 26.2 Å². The normalized spacial score (nSPS) is 27.9. The van der Waals surface area contributed by atoms with Gasteiger partial charge >= 0.3 is 12.2 Å². The molecule has 2 rings (SSSR count). The molecular weight excluding hydrogens is 236 g/mol. The number of nitrogens with zero attached hydrogens (tertiary/aromatic N) is 2. The summed E-state index contributed by atoms with van der Waals surface area (Å²) < 4.78 is 10.4. The summed E-state index contributed by atoms with van der Waals surface area (Å²) in [5, 5.41) is 0. The van der Waals surface area contributed by atoms with Crippen LogP contribution in [-0.4, -0.2) is 59.4 Å². The van der Waals surface area contributed by atoms with Gasteiger partial charge in [-0.05, 0) is 27.7 Å². The van der Waals surface area contributed by atoms with Crippen LogP contribution in [0.4, 0.5) is 9.59 Å². The number of fused-ring (bicyclic) bond motifs is 1. The maximum Gasteiger partial charge on any atom is 0.410 e. The lowest BCUT2D eigenvalue weighted by atomic mass is 9.99. The first-order chi connectivity index (χ1) is 8.21. The Kier molecular flexibility index (Phi) is 2.91. The number of carbonyl (C=O) groups excluding carboxylic acids is 2. The van der Waals surface area contributed by atoms with Gasteiger partial charge in [-0.25, -0.2) is 9.59 Å². The Morgan fingerprint density at radius 3 is 2.67 bits per heavy atom. The molecule has 1 atom stereocenters. The lowest BCUT2D eigenvalue weighted by molar-refractivity contribution is 0.0000527. The van der Waals surface area contributed by atoms with E-state index in [0.29, 0.717) is 26.2 Å². The highest BCUT2D eigenvalue weighted by atomic mass is 16.6. The molecule has 0 spiro atoms. The number of carbonyl (C=O) groups is 2. The van der Waals surface area contributed by atoms with E-state index in [1.807, 2.05) is 27.7 Å². The van der Waals surface area contributed by atoms with Gasteiger partial charge in [0.05, 0.1) is 12.1 Å². The lowest BCUT2D eigenvalue weighted by Crippen LogP contribution is -2.61. The van der Waals surface area contributed by atoms with Crippen molar-refractivity contribution in [3.63, 3.8) is 0 Å². The van der Waals surface area contributed by atoms with Gasteiger partial charge in [-0.15, -0.1) is 0 Å². The third-order valence-corrected chi connectivity index (χ3v) is 3.16. The molecule has 0 aromatic carbocycles. The molecule has 0 N–H and O–H groups in total. The standard InChI is InChI=1S/C12H20N2O4/c1-11(2,3)18-9(15)13-5-6-14-10(16)17-8-12(14,4)7-13/h5-8H2,1-4H3. The molecule has 18 heavy (non-hydrogen) atoms. The first-order valence-electron chi connectivity index (χ1n) is 6.14. The Labute approximate surface area is 107 Å². The Morgan fingerprint density at radius 2 is 2.06 bits per heavy atom. The van der Waals surface area contributed by atoms with E-state index >= 15 is 0 Å². The Morgan fingerprint density at radius 1 is 1.39 bits per heavy atom. The third-order valence-electron chi connectivity index (χ3n) is 3.16. The largest absolute Gasteiger partial charge is 0.447 e. The SMILES string of the molecule is CC(C)(C)OC(=O)N1CCN2C(=O)OCC2(C)C1. The fraction of sp³-hybridized carbons (Fsp3) is 0.833. The molecule has 1 unspecified atom stereocenters. The first kappa shape index (κ1) is 13.0. The van der Waals surface area contributed by atoms with E-state index < -0.39 is 11.1 Å². The van der Waals surface area contributed by atoms with Gasteiger partial charge in [0.2, 0.25) is 0 Å². The van der Waals surface area contributed by atoms with E-state index in [9.17, 15) is 9.59 Å². The van der Waals surface area contributed by atoms with Gasteiger partial charge in [-0.3, -0.25) is 4.90 Å². The monoisotopic (exact) mass is 256 g/mol. The summed E-state index contributed by atoms with van der Waals surface area (Å²) in [6.07, 6.45) is -0.621. The fourth-order valence-electron chi connectivity index (χ4n) is 2.28. The molecule has 102 valence electrons. The summed E-state index contributed by atoms with van der Waals surface area (Å²) in [4.78, 5) is 26.8. The van der Waals surface area contributed by atoms with Gasteiger partial charge in [-0.1, -0.05) is 0 Å². The second-order valence-electron chi connectivity index (χ2n) is 6.11. The molecule has 0 aliphatic carbocycles. The predicted molar refractivity (Wildman–Crippen MR) is 64.3 cm³/mol. The number of cyclic esters (lactones) is 1. The number of amides is 2. The molecule has 2 amide bonds. The van der Waals surface area contributed by atoms with Crippen molar-refractivity contribution >= 4 is 12.2 Å². The first-order valence-corrected chi connectivity index (χ1v) is 6.14. The van der Waals surface area contributed by atoms with Crippen LogP contribution in [0.1, 0.15) is 27.7 Å². The zero-order valence-corrected chi connectivity index (χ0v) is 11.4. The maximum absolute atomic E-state index is 12.0. The number of hydrogen-bond donors (Lipinski definition) is 0. The van der Waals surface area contributed by atoms with Crippen LogP contribution in [-0.2, 0) is 9.47 Å². The zero-order chi connectivity index (χ0) is 13.6. The van der Waals surface area contributed by atoms with Gasteiger partial charge in [0.15, 0.2) is 0 Å². The van der Waals surface area contributed by atoms with Crippen molar-refractivity contribution in [1.29, 1.82) is 0 Å². The van der Waals surface area contributed by atoms with Crippen molar-refractivity contribution in [2.45, 2.75) is 38.8 Å².